The predicted molar refractivity (Wildman–Crippen MR) is 131 cm³/mol. The zero-order valence-electron chi connectivity index (χ0n) is 19.1. The van der Waals surface area contributed by atoms with E-state index in [0.29, 0.717) is 5.57 Å². The van der Waals surface area contributed by atoms with Gasteiger partial charge in [-0.3, -0.25) is 4.79 Å². The smallest absolute Gasteiger partial charge is 0.351 e. The molecular weight excluding hydrogens is 430 g/mol. The van der Waals surface area contributed by atoms with Crippen molar-refractivity contribution in [2.45, 2.75) is 39.0 Å². The second kappa shape index (κ2) is 9.17. The van der Waals surface area contributed by atoms with E-state index in [9.17, 15) is 14.7 Å². The second-order valence-electron chi connectivity index (χ2n) is 8.88. The zero-order chi connectivity index (χ0) is 23.7. The first kappa shape index (κ1) is 21.9. The minimum absolute atomic E-state index is 0.114. The minimum Gasteiger partial charge on any atom is -0.477 e. The zero-order valence-corrected chi connectivity index (χ0v) is 19.1. The summed E-state index contributed by atoms with van der Waals surface area (Å²) >= 11 is 0. The highest BCUT2D eigenvalue weighted by molar-refractivity contribution is 6.34. The number of fused-ring (bicyclic) bond motifs is 1. The number of hydrazone groups is 1. The molecule has 2 aliphatic rings. The molecule has 7 heteroatoms. The number of hydrogen-bond acceptors (Lipinski definition) is 5. The second-order valence-corrected chi connectivity index (χ2v) is 8.88. The lowest BCUT2D eigenvalue weighted by molar-refractivity contribution is -0.129. The van der Waals surface area contributed by atoms with Crippen molar-refractivity contribution in [1.29, 1.82) is 0 Å². The van der Waals surface area contributed by atoms with E-state index in [4.69, 9.17) is 4.42 Å². The highest BCUT2D eigenvalue weighted by atomic mass is 16.4. The van der Waals surface area contributed by atoms with Crippen LogP contribution in [0.2, 0.25) is 0 Å². The molecule has 7 nitrogen and oxygen atoms in total. The molecule has 0 bridgehead atoms. The van der Waals surface area contributed by atoms with Crippen molar-refractivity contribution in [1.82, 2.24) is 10.3 Å². The number of nitrogens with zero attached hydrogens (tertiary/aromatic N) is 2. The molecule has 1 saturated carbocycles. The van der Waals surface area contributed by atoms with Crippen LogP contribution >= 0.6 is 0 Å². The summed E-state index contributed by atoms with van der Waals surface area (Å²) in [4.78, 5) is 24.7. The number of carboxylic acids is 1. The lowest BCUT2D eigenvalue weighted by atomic mass is 9.81. The summed E-state index contributed by atoms with van der Waals surface area (Å²) in [5.74, 6) is -0.431. The molecule has 1 aromatic heterocycles. The number of carboxylic acid groups (broad SMARTS) is 1. The topological polar surface area (TPSA) is 95.1 Å². The van der Waals surface area contributed by atoms with Crippen molar-refractivity contribution in [2.24, 2.45) is 11.0 Å². The van der Waals surface area contributed by atoms with E-state index >= 15 is 0 Å². The molecule has 3 aromatic rings. The van der Waals surface area contributed by atoms with Crippen LogP contribution in [0.4, 0.5) is 0 Å². The van der Waals surface area contributed by atoms with E-state index < -0.39 is 5.97 Å². The average molecular weight is 458 g/mol. The van der Waals surface area contributed by atoms with Gasteiger partial charge in [0.05, 0.1) is 5.70 Å². The monoisotopic (exact) mass is 457 g/mol. The van der Waals surface area contributed by atoms with Gasteiger partial charge in [-0.25, -0.2) is 9.80 Å². The van der Waals surface area contributed by atoms with Crippen molar-refractivity contribution in [2.75, 3.05) is 6.67 Å². The Kier molecular flexibility index (Phi) is 5.92. The Morgan fingerprint density at radius 3 is 2.47 bits per heavy atom. The molecule has 1 amide bonds. The van der Waals surface area contributed by atoms with Crippen LogP contribution < -0.4 is 5.32 Å². The van der Waals surface area contributed by atoms with Gasteiger partial charge in [0, 0.05) is 16.5 Å². The number of nitrogens with one attached hydrogen (secondary N) is 1. The third kappa shape index (κ3) is 4.21. The van der Waals surface area contributed by atoms with Gasteiger partial charge in [0.25, 0.3) is 5.91 Å². The normalized spacial score (nSPS) is 17.9. The maximum Gasteiger partial charge on any atom is 0.351 e. The minimum atomic E-state index is -1.14. The van der Waals surface area contributed by atoms with Crippen LogP contribution in [0.5, 0.6) is 0 Å². The van der Waals surface area contributed by atoms with E-state index in [1.807, 2.05) is 54.6 Å². The molecule has 1 fully saturated rings. The third-order valence-corrected chi connectivity index (χ3v) is 6.62. The Morgan fingerprint density at radius 2 is 1.76 bits per heavy atom. The molecule has 0 spiro atoms. The van der Waals surface area contributed by atoms with E-state index in [0.717, 1.165) is 59.2 Å². The maximum absolute atomic E-state index is 13.5. The summed E-state index contributed by atoms with van der Waals surface area (Å²) in [6.07, 6.45) is 5.22. The van der Waals surface area contributed by atoms with E-state index in [-0.39, 0.29) is 24.2 Å². The molecule has 0 unspecified atom stereocenters. The average Bonchev–Trinajstić information content (AvgIpc) is 3.30. The molecule has 1 aliphatic heterocycles. The molecule has 34 heavy (non-hydrogen) atoms. The van der Waals surface area contributed by atoms with Crippen molar-refractivity contribution >= 4 is 34.3 Å². The molecule has 0 radical (unpaired) electrons. The Hall–Kier alpha value is -3.87. The first-order valence-electron chi connectivity index (χ1n) is 11.7. The van der Waals surface area contributed by atoms with Gasteiger partial charge in [-0.1, -0.05) is 61.7 Å². The van der Waals surface area contributed by atoms with Gasteiger partial charge < -0.3 is 14.8 Å². The number of hydrogen-bond donors (Lipinski definition) is 2. The molecule has 174 valence electrons. The molecule has 2 N–H and O–H groups in total. The molecule has 1 aliphatic carbocycles. The first-order valence-corrected chi connectivity index (χ1v) is 11.7. The number of rotatable bonds is 5. The highest BCUT2D eigenvalue weighted by Crippen LogP contribution is 2.37. The largest absolute Gasteiger partial charge is 0.477 e. The fourth-order valence-electron chi connectivity index (χ4n) is 4.82. The summed E-state index contributed by atoms with van der Waals surface area (Å²) in [5, 5.41) is 18.9. The number of carbonyl (C=O) groups excluding carboxylic acids is 1. The molecule has 0 atom stereocenters. The number of benzene rings is 2. The van der Waals surface area contributed by atoms with Gasteiger partial charge >= 0.3 is 5.97 Å². The third-order valence-electron chi connectivity index (χ3n) is 6.62. The van der Waals surface area contributed by atoms with Crippen LogP contribution in [0.3, 0.4) is 0 Å². The molecular formula is C27H27N3O4. The number of aliphatic carboxylic acids is 1. The fraction of sp³-hybridized carbons (Fsp3) is 0.296. The van der Waals surface area contributed by atoms with E-state index in [1.54, 1.807) is 0 Å². The summed E-state index contributed by atoms with van der Waals surface area (Å²) in [7, 11) is 0. The number of para-hydroxylation sites is 1. The predicted octanol–water partition coefficient (Wildman–Crippen LogP) is 5.24. The Morgan fingerprint density at radius 1 is 1.06 bits per heavy atom. The van der Waals surface area contributed by atoms with E-state index in [2.05, 4.69) is 10.4 Å². The van der Waals surface area contributed by atoms with Crippen LogP contribution in [0, 0.1) is 5.92 Å². The van der Waals surface area contributed by atoms with Gasteiger partial charge in [0.1, 0.15) is 23.7 Å². The Labute approximate surface area is 197 Å². The van der Waals surface area contributed by atoms with Gasteiger partial charge in [-0.2, -0.15) is 5.10 Å². The van der Waals surface area contributed by atoms with Crippen LogP contribution in [0.25, 0.3) is 28.0 Å². The van der Waals surface area contributed by atoms with Crippen LogP contribution in [-0.4, -0.2) is 34.4 Å². The Balaban J connectivity index is 1.50. The van der Waals surface area contributed by atoms with Crippen molar-refractivity contribution in [3.63, 3.8) is 0 Å². The maximum atomic E-state index is 13.5. The van der Waals surface area contributed by atoms with Crippen LogP contribution in [-0.2, 0) is 9.59 Å². The summed E-state index contributed by atoms with van der Waals surface area (Å²) in [5.41, 5.74) is 4.13. The molecule has 0 saturated heterocycles. The lowest BCUT2D eigenvalue weighted by Crippen LogP contribution is -2.44. The molecule has 5 rings (SSSR count). The SMILES string of the molecule is C/C(=N\N1CNC(c2ccc(-c3cc4ccccc4o3)cc2)=C(C2CCCCC2)C1=O)C(=O)O. The van der Waals surface area contributed by atoms with Crippen molar-refractivity contribution < 1.29 is 19.1 Å². The molecule has 2 aromatic carbocycles. The van der Waals surface area contributed by atoms with Gasteiger partial charge in [-0.15, -0.1) is 0 Å². The summed E-state index contributed by atoms with van der Waals surface area (Å²) in [6.45, 7) is 1.52. The highest BCUT2D eigenvalue weighted by Gasteiger charge is 2.34. The Bertz CT molecular complexity index is 1260. The van der Waals surface area contributed by atoms with Crippen LogP contribution in [0.15, 0.2) is 69.7 Å². The van der Waals surface area contributed by atoms with Crippen molar-refractivity contribution in [3.05, 3.63) is 65.7 Å². The molecule has 2 heterocycles. The standard InChI is InChI=1S/C27H27N3O4/c1-17(27(32)33)29-30-16-28-25(24(26(30)31)19-7-3-2-4-8-19)20-13-11-18(12-14-20)23-15-21-9-5-6-10-22(21)34-23/h5-6,9-15,19,28H,2-4,7-8,16H2,1H3,(H,32,33)/b29-17+. The summed E-state index contributed by atoms with van der Waals surface area (Å²) in [6, 6.07) is 18.0. The van der Waals surface area contributed by atoms with Crippen LogP contribution in [0.1, 0.15) is 44.6 Å². The fourth-order valence-corrected chi connectivity index (χ4v) is 4.82. The number of carbonyl (C=O) groups is 2. The number of furan rings is 1. The first-order chi connectivity index (χ1) is 16.5. The van der Waals surface area contributed by atoms with Crippen molar-refractivity contribution in [3.8, 4) is 11.3 Å². The van der Waals surface area contributed by atoms with Gasteiger partial charge in [-0.05, 0) is 43.4 Å². The number of amides is 1. The van der Waals surface area contributed by atoms with Gasteiger partial charge in [0.2, 0.25) is 0 Å². The summed E-state index contributed by atoms with van der Waals surface area (Å²) < 4.78 is 5.99. The lowest BCUT2D eigenvalue weighted by Gasteiger charge is -2.34. The van der Waals surface area contributed by atoms with Gasteiger partial charge in [0.15, 0.2) is 0 Å². The quantitative estimate of drug-likeness (QED) is 0.511. The van der Waals surface area contributed by atoms with E-state index in [1.165, 1.54) is 18.4 Å².